The van der Waals surface area contributed by atoms with Crippen LogP contribution in [0.3, 0.4) is 0 Å². The zero-order valence-corrected chi connectivity index (χ0v) is 11.3. The van der Waals surface area contributed by atoms with E-state index >= 15 is 0 Å². The van der Waals surface area contributed by atoms with Gasteiger partial charge in [0.05, 0.1) is 0 Å². The molecule has 0 radical (unpaired) electrons. The lowest BCUT2D eigenvalue weighted by atomic mass is 10.1. The van der Waals surface area contributed by atoms with Gasteiger partial charge >= 0.3 is 0 Å². The Labute approximate surface area is 102 Å². The first-order valence-corrected chi connectivity index (χ1v) is 5.93. The van der Waals surface area contributed by atoms with Crippen molar-refractivity contribution in [3.05, 3.63) is 22.7 Å². The maximum Gasteiger partial charge on any atom is 0.161 e. The highest BCUT2D eigenvalue weighted by molar-refractivity contribution is 6.29. The second-order valence-corrected chi connectivity index (χ2v) is 4.92. The first kappa shape index (κ1) is 13.4. The van der Waals surface area contributed by atoms with Gasteiger partial charge in [0.2, 0.25) is 0 Å². The van der Waals surface area contributed by atoms with Gasteiger partial charge in [0, 0.05) is 12.3 Å². The highest BCUT2D eigenvalue weighted by Crippen LogP contribution is 2.24. The van der Waals surface area contributed by atoms with Gasteiger partial charge in [-0.3, -0.25) is 0 Å². The molecule has 3 nitrogen and oxygen atoms in total. The van der Waals surface area contributed by atoms with Crippen molar-refractivity contribution in [1.82, 2.24) is 9.97 Å². The van der Waals surface area contributed by atoms with Gasteiger partial charge in [-0.05, 0) is 32.8 Å². The number of hydrogen-bond donors (Lipinski definition) is 0. The van der Waals surface area contributed by atoms with Gasteiger partial charge in [0.25, 0.3) is 0 Å². The highest BCUT2D eigenvalue weighted by Gasteiger charge is 2.25. The van der Waals surface area contributed by atoms with E-state index in [1.807, 2.05) is 20.8 Å². The summed E-state index contributed by atoms with van der Waals surface area (Å²) < 4.78 is 5.62. The molecule has 0 aromatic carbocycles. The smallest absolute Gasteiger partial charge is 0.161 e. The SMILES string of the molecule is CCOC(C)(C)c1nc(Cl)cc(C(C)C)n1. The number of halogens is 1. The molecule has 0 bridgehead atoms. The highest BCUT2D eigenvalue weighted by atomic mass is 35.5. The van der Waals surface area contributed by atoms with Crippen LogP contribution in [0, 0.1) is 0 Å². The van der Waals surface area contributed by atoms with Crippen LogP contribution in [0.1, 0.15) is 52.1 Å². The molecule has 0 N–H and O–H groups in total. The van der Waals surface area contributed by atoms with E-state index in [0.29, 0.717) is 23.5 Å². The van der Waals surface area contributed by atoms with E-state index < -0.39 is 5.60 Å². The van der Waals surface area contributed by atoms with Crippen molar-refractivity contribution >= 4 is 11.6 Å². The molecule has 0 aliphatic rings. The summed E-state index contributed by atoms with van der Waals surface area (Å²) in [6, 6.07) is 1.80. The topological polar surface area (TPSA) is 35.0 Å². The van der Waals surface area contributed by atoms with E-state index in [-0.39, 0.29) is 0 Å². The maximum absolute atomic E-state index is 5.99. The molecular formula is C12H19ClN2O. The Morgan fingerprint density at radius 2 is 2.00 bits per heavy atom. The predicted molar refractivity (Wildman–Crippen MR) is 65.8 cm³/mol. The first-order chi connectivity index (χ1) is 7.36. The third-order valence-electron chi connectivity index (χ3n) is 2.35. The number of nitrogens with zero attached hydrogens (tertiary/aromatic N) is 2. The molecule has 0 fully saturated rings. The number of rotatable bonds is 4. The monoisotopic (exact) mass is 242 g/mol. The molecule has 0 atom stereocenters. The zero-order valence-electron chi connectivity index (χ0n) is 10.5. The summed E-state index contributed by atoms with van der Waals surface area (Å²) >= 11 is 5.99. The van der Waals surface area contributed by atoms with Crippen LogP contribution in [0.15, 0.2) is 6.07 Å². The molecule has 0 amide bonds. The number of hydrogen-bond acceptors (Lipinski definition) is 3. The second kappa shape index (κ2) is 5.11. The Bertz CT molecular complexity index is 364. The van der Waals surface area contributed by atoms with Crippen LogP contribution in [-0.2, 0) is 10.3 Å². The van der Waals surface area contributed by atoms with E-state index in [4.69, 9.17) is 16.3 Å². The largest absolute Gasteiger partial charge is 0.368 e. The Hall–Kier alpha value is -0.670. The normalized spacial score (nSPS) is 12.2. The lowest BCUT2D eigenvalue weighted by molar-refractivity contribution is -0.0209. The van der Waals surface area contributed by atoms with Gasteiger partial charge in [-0.15, -0.1) is 0 Å². The van der Waals surface area contributed by atoms with E-state index in [1.165, 1.54) is 0 Å². The molecule has 16 heavy (non-hydrogen) atoms. The van der Waals surface area contributed by atoms with Crippen LogP contribution < -0.4 is 0 Å². The van der Waals surface area contributed by atoms with Crippen LogP contribution >= 0.6 is 11.6 Å². The van der Waals surface area contributed by atoms with Crippen molar-refractivity contribution in [3.63, 3.8) is 0 Å². The molecule has 1 aromatic rings. The lowest BCUT2D eigenvalue weighted by Gasteiger charge is -2.23. The molecule has 4 heteroatoms. The summed E-state index contributed by atoms with van der Waals surface area (Å²) in [6.07, 6.45) is 0. The molecule has 1 heterocycles. The summed E-state index contributed by atoms with van der Waals surface area (Å²) in [7, 11) is 0. The van der Waals surface area contributed by atoms with Crippen molar-refractivity contribution < 1.29 is 4.74 Å². The molecule has 0 aliphatic heterocycles. The summed E-state index contributed by atoms with van der Waals surface area (Å²) in [5, 5.41) is 0.474. The fraction of sp³-hybridized carbons (Fsp3) is 0.667. The van der Waals surface area contributed by atoms with E-state index in [9.17, 15) is 0 Å². The van der Waals surface area contributed by atoms with Gasteiger partial charge in [0.15, 0.2) is 5.82 Å². The molecule has 1 aromatic heterocycles. The lowest BCUT2D eigenvalue weighted by Crippen LogP contribution is -2.25. The maximum atomic E-state index is 5.99. The molecule has 0 saturated heterocycles. The Morgan fingerprint density at radius 3 is 2.50 bits per heavy atom. The second-order valence-electron chi connectivity index (χ2n) is 4.54. The standard InChI is InChI=1S/C12H19ClN2O/c1-6-16-12(4,5)11-14-9(8(2)3)7-10(13)15-11/h7-8H,6H2,1-5H3. The van der Waals surface area contributed by atoms with Gasteiger partial charge in [-0.2, -0.15) is 0 Å². The average Bonchev–Trinajstić information content (AvgIpc) is 2.16. The van der Waals surface area contributed by atoms with Crippen molar-refractivity contribution in [2.75, 3.05) is 6.61 Å². The molecule has 1 rings (SSSR count). The van der Waals surface area contributed by atoms with Crippen LogP contribution in [0.5, 0.6) is 0 Å². The average molecular weight is 243 g/mol. The van der Waals surface area contributed by atoms with Gasteiger partial charge < -0.3 is 4.74 Å². The van der Waals surface area contributed by atoms with E-state index in [0.717, 1.165) is 5.69 Å². The molecular weight excluding hydrogens is 224 g/mol. The molecule has 0 aliphatic carbocycles. The summed E-state index contributed by atoms with van der Waals surface area (Å²) in [6.45, 7) is 10.6. The van der Waals surface area contributed by atoms with Crippen molar-refractivity contribution in [1.29, 1.82) is 0 Å². The quantitative estimate of drug-likeness (QED) is 0.758. The van der Waals surface area contributed by atoms with Crippen LogP contribution in [0.25, 0.3) is 0 Å². The minimum Gasteiger partial charge on any atom is -0.368 e. The van der Waals surface area contributed by atoms with Gasteiger partial charge in [-0.25, -0.2) is 9.97 Å². The number of ether oxygens (including phenoxy) is 1. The summed E-state index contributed by atoms with van der Waals surface area (Å²) in [5.41, 5.74) is 0.450. The van der Waals surface area contributed by atoms with E-state index in [2.05, 4.69) is 23.8 Å². The zero-order chi connectivity index (χ0) is 12.3. The summed E-state index contributed by atoms with van der Waals surface area (Å²) in [4.78, 5) is 8.74. The van der Waals surface area contributed by atoms with Crippen LogP contribution in [-0.4, -0.2) is 16.6 Å². The third kappa shape index (κ3) is 3.16. The number of aromatic nitrogens is 2. The third-order valence-corrected chi connectivity index (χ3v) is 2.54. The molecule has 0 unspecified atom stereocenters. The molecule has 90 valence electrons. The Kier molecular flexibility index (Phi) is 4.28. The van der Waals surface area contributed by atoms with Crippen molar-refractivity contribution in [2.24, 2.45) is 0 Å². The van der Waals surface area contributed by atoms with E-state index in [1.54, 1.807) is 6.07 Å². The molecule has 0 saturated carbocycles. The fourth-order valence-electron chi connectivity index (χ4n) is 1.43. The Balaban J connectivity index is 3.13. The fourth-order valence-corrected chi connectivity index (χ4v) is 1.62. The minimum absolute atomic E-state index is 0.330. The predicted octanol–water partition coefficient (Wildman–Crippen LogP) is 3.53. The van der Waals surface area contributed by atoms with Gasteiger partial charge in [-0.1, -0.05) is 25.4 Å². The van der Waals surface area contributed by atoms with Gasteiger partial charge in [0.1, 0.15) is 10.8 Å². The summed E-state index contributed by atoms with van der Waals surface area (Å²) in [5.74, 6) is 0.974. The van der Waals surface area contributed by atoms with Crippen molar-refractivity contribution in [2.45, 2.75) is 46.1 Å². The van der Waals surface area contributed by atoms with Crippen molar-refractivity contribution in [3.8, 4) is 0 Å². The van der Waals surface area contributed by atoms with Crippen LogP contribution in [0.2, 0.25) is 5.15 Å². The Morgan fingerprint density at radius 1 is 1.38 bits per heavy atom. The van der Waals surface area contributed by atoms with Crippen LogP contribution in [0.4, 0.5) is 0 Å². The first-order valence-electron chi connectivity index (χ1n) is 5.55. The molecule has 0 spiro atoms. The minimum atomic E-state index is -0.497.